The van der Waals surface area contributed by atoms with E-state index >= 15 is 0 Å². The third kappa shape index (κ3) is 3.24. The summed E-state index contributed by atoms with van der Waals surface area (Å²) in [6.07, 6.45) is -0.686. The molecule has 1 aromatic heterocycles. The third-order valence-corrected chi connectivity index (χ3v) is 5.19. The molecule has 0 aliphatic rings. The predicted molar refractivity (Wildman–Crippen MR) is 88.3 cm³/mol. The molecule has 0 fully saturated rings. The van der Waals surface area contributed by atoms with Gasteiger partial charge in [0.25, 0.3) is 0 Å². The highest BCUT2D eigenvalue weighted by molar-refractivity contribution is 14.1. The van der Waals surface area contributed by atoms with Crippen LogP contribution in [0, 0.1) is 2.88 Å². The maximum absolute atomic E-state index is 10.4. The fourth-order valence-corrected chi connectivity index (χ4v) is 3.66. The fraction of sp³-hybridized carbons (Fsp3) is 0.231. The lowest BCUT2D eigenvalue weighted by molar-refractivity contribution is 0.219. The fourth-order valence-electron chi connectivity index (χ4n) is 1.73. The number of benzene rings is 1. The van der Waals surface area contributed by atoms with Crippen LogP contribution in [0.5, 0.6) is 11.5 Å². The molecule has 0 radical (unpaired) electrons. The zero-order valence-corrected chi connectivity index (χ0v) is 14.9. The van der Waals surface area contributed by atoms with Crippen LogP contribution in [0.15, 0.2) is 28.1 Å². The van der Waals surface area contributed by atoms with Crippen LogP contribution < -0.4 is 9.47 Å². The first-order chi connectivity index (χ1) is 9.06. The van der Waals surface area contributed by atoms with Crippen LogP contribution in [0.4, 0.5) is 0 Å². The van der Waals surface area contributed by atoms with Crippen LogP contribution in [0.3, 0.4) is 0 Å². The van der Waals surface area contributed by atoms with Crippen molar-refractivity contribution in [3.05, 3.63) is 42.1 Å². The number of ether oxygens (including phenoxy) is 2. The van der Waals surface area contributed by atoms with Gasteiger partial charge in [-0.1, -0.05) is 15.9 Å². The molecule has 3 nitrogen and oxygen atoms in total. The lowest BCUT2D eigenvalue weighted by Crippen LogP contribution is -2.01. The van der Waals surface area contributed by atoms with Gasteiger partial charge in [0.15, 0.2) is 11.5 Å². The highest BCUT2D eigenvalue weighted by Gasteiger charge is 2.18. The zero-order valence-electron chi connectivity index (χ0n) is 10.3. The van der Waals surface area contributed by atoms with E-state index in [1.54, 1.807) is 37.7 Å². The Bertz CT molecular complexity index is 585. The van der Waals surface area contributed by atoms with Crippen molar-refractivity contribution >= 4 is 49.9 Å². The number of thiophene rings is 1. The summed E-state index contributed by atoms with van der Waals surface area (Å²) in [5.41, 5.74) is 1.63. The Morgan fingerprint density at radius 3 is 2.37 bits per heavy atom. The second kappa shape index (κ2) is 6.43. The lowest BCUT2D eigenvalue weighted by atomic mass is 10.0. The van der Waals surface area contributed by atoms with Gasteiger partial charge in [0, 0.05) is 10.0 Å². The number of rotatable bonds is 4. The molecule has 102 valence electrons. The summed E-state index contributed by atoms with van der Waals surface area (Å²) >= 11 is 7.31. The first-order valence-corrected chi connectivity index (χ1v) is 8.15. The first-order valence-electron chi connectivity index (χ1n) is 5.40. The van der Waals surface area contributed by atoms with Gasteiger partial charge in [-0.05, 0) is 51.7 Å². The average Bonchev–Trinajstić information content (AvgIpc) is 2.84. The largest absolute Gasteiger partial charge is 0.493 e. The Balaban J connectivity index is 2.44. The van der Waals surface area contributed by atoms with Crippen molar-refractivity contribution in [2.45, 2.75) is 6.10 Å². The predicted octanol–water partition coefficient (Wildman–Crippen LogP) is 4.21. The minimum atomic E-state index is -0.686. The summed E-state index contributed by atoms with van der Waals surface area (Å²) in [5.74, 6) is 1.23. The van der Waals surface area contributed by atoms with Gasteiger partial charge in [0.05, 0.1) is 17.1 Å². The van der Waals surface area contributed by atoms with E-state index in [-0.39, 0.29) is 0 Å². The summed E-state index contributed by atoms with van der Waals surface area (Å²) in [6, 6.07) is 5.56. The molecule has 1 heterocycles. The molecule has 0 amide bonds. The number of methoxy groups -OCH3 is 2. The molecule has 19 heavy (non-hydrogen) atoms. The van der Waals surface area contributed by atoms with Crippen molar-refractivity contribution < 1.29 is 14.6 Å². The molecule has 0 spiro atoms. The molecule has 1 aromatic carbocycles. The van der Waals surface area contributed by atoms with Crippen molar-refractivity contribution in [1.82, 2.24) is 0 Å². The van der Waals surface area contributed by atoms with E-state index in [1.807, 2.05) is 11.4 Å². The van der Waals surface area contributed by atoms with Gasteiger partial charge >= 0.3 is 0 Å². The highest BCUT2D eigenvalue weighted by atomic mass is 127. The smallest absolute Gasteiger partial charge is 0.161 e. The molecule has 0 aliphatic carbocycles. The molecule has 1 unspecified atom stereocenters. The standard InChI is InChI=1S/C13H12BrIO3S/c1-17-10-4-8(9(14)5-11(10)18-2)13(16)7-3-12(15)19-6-7/h3-6,13,16H,1-2H3. The molecule has 0 bridgehead atoms. The number of hydrogen-bond donors (Lipinski definition) is 1. The number of halogens is 2. The van der Waals surface area contributed by atoms with Crippen LogP contribution in [0.2, 0.25) is 0 Å². The van der Waals surface area contributed by atoms with E-state index in [2.05, 4.69) is 38.5 Å². The lowest BCUT2D eigenvalue weighted by Gasteiger charge is -2.15. The summed E-state index contributed by atoms with van der Waals surface area (Å²) in [5, 5.41) is 12.4. The summed E-state index contributed by atoms with van der Waals surface area (Å²) in [7, 11) is 3.16. The highest BCUT2D eigenvalue weighted by Crippen LogP contribution is 2.38. The minimum absolute atomic E-state index is 0.602. The summed E-state index contributed by atoms with van der Waals surface area (Å²) in [4.78, 5) is 0. The van der Waals surface area contributed by atoms with Crippen molar-refractivity contribution in [3.8, 4) is 11.5 Å². The normalized spacial score (nSPS) is 12.3. The molecule has 0 aliphatic heterocycles. The minimum Gasteiger partial charge on any atom is -0.493 e. The van der Waals surface area contributed by atoms with Gasteiger partial charge in [0.2, 0.25) is 0 Å². The van der Waals surface area contributed by atoms with Crippen molar-refractivity contribution in [2.75, 3.05) is 14.2 Å². The van der Waals surface area contributed by atoms with E-state index in [1.165, 1.54) is 0 Å². The quantitative estimate of drug-likeness (QED) is 0.703. The Kier molecular flexibility index (Phi) is 5.10. The Labute approximate surface area is 137 Å². The first kappa shape index (κ1) is 15.1. The topological polar surface area (TPSA) is 38.7 Å². The average molecular weight is 455 g/mol. The van der Waals surface area contributed by atoms with Crippen LogP contribution in [0.1, 0.15) is 17.2 Å². The van der Waals surface area contributed by atoms with Gasteiger partial charge < -0.3 is 14.6 Å². The van der Waals surface area contributed by atoms with Gasteiger partial charge in [-0.25, -0.2) is 0 Å². The second-order valence-electron chi connectivity index (χ2n) is 3.82. The van der Waals surface area contributed by atoms with Crippen LogP contribution in [-0.4, -0.2) is 19.3 Å². The van der Waals surface area contributed by atoms with E-state index in [4.69, 9.17) is 9.47 Å². The number of hydrogen-bond acceptors (Lipinski definition) is 4. The molecule has 0 saturated heterocycles. The van der Waals surface area contributed by atoms with E-state index in [0.29, 0.717) is 11.5 Å². The third-order valence-electron chi connectivity index (χ3n) is 2.70. The van der Waals surface area contributed by atoms with Crippen molar-refractivity contribution in [2.24, 2.45) is 0 Å². The van der Waals surface area contributed by atoms with Crippen molar-refractivity contribution in [1.29, 1.82) is 0 Å². The summed E-state index contributed by atoms with van der Waals surface area (Å²) in [6.45, 7) is 0. The molecule has 6 heteroatoms. The molecular formula is C13H12BrIO3S. The zero-order chi connectivity index (χ0) is 14.0. The van der Waals surface area contributed by atoms with Crippen LogP contribution in [0.25, 0.3) is 0 Å². The molecule has 2 aromatic rings. The molecule has 2 rings (SSSR count). The van der Waals surface area contributed by atoms with Gasteiger partial charge in [-0.15, -0.1) is 11.3 Å². The van der Waals surface area contributed by atoms with Crippen molar-refractivity contribution in [3.63, 3.8) is 0 Å². The van der Waals surface area contributed by atoms with E-state index in [9.17, 15) is 5.11 Å². The maximum Gasteiger partial charge on any atom is 0.161 e. The van der Waals surface area contributed by atoms with E-state index < -0.39 is 6.10 Å². The molecule has 1 N–H and O–H groups in total. The van der Waals surface area contributed by atoms with Crippen LogP contribution >= 0.6 is 49.9 Å². The summed E-state index contributed by atoms with van der Waals surface area (Å²) < 4.78 is 12.4. The SMILES string of the molecule is COc1cc(Br)c(C(O)c2csc(I)c2)cc1OC. The van der Waals surface area contributed by atoms with Crippen LogP contribution in [-0.2, 0) is 0 Å². The number of aliphatic hydroxyl groups is 1. The molecular weight excluding hydrogens is 443 g/mol. The van der Waals surface area contributed by atoms with E-state index in [0.717, 1.165) is 18.5 Å². The monoisotopic (exact) mass is 454 g/mol. The Hall–Kier alpha value is -0.310. The van der Waals surface area contributed by atoms with Gasteiger partial charge in [0.1, 0.15) is 6.10 Å². The van der Waals surface area contributed by atoms with Gasteiger partial charge in [-0.2, -0.15) is 0 Å². The Morgan fingerprint density at radius 2 is 1.84 bits per heavy atom. The molecule has 0 saturated carbocycles. The second-order valence-corrected chi connectivity index (χ2v) is 7.48. The Morgan fingerprint density at radius 1 is 1.21 bits per heavy atom. The van der Waals surface area contributed by atoms with Gasteiger partial charge in [-0.3, -0.25) is 0 Å². The molecule has 1 atom stereocenters. The number of aliphatic hydroxyl groups excluding tert-OH is 1. The maximum atomic E-state index is 10.4.